The van der Waals surface area contributed by atoms with E-state index in [0.29, 0.717) is 12.0 Å². The summed E-state index contributed by atoms with van der Waals surface area (Å²) in [6.07, 6.45) is 6.58. The molecule has 1 aliphatic carbocycles. The van der Waals surface area contributed by atoms with Crippen LogP contribution in [0.15, 0.2) is 6.20 Å². The third-order valence-corrected chi connectivity index (χ3v) is 4.11. The van der Waals surface area contributed by atoms with E-state index in [1.807, 2.05) is 13.3 Å². The summed E-state index contributed by atoms with van der Waals surface area (Å²) in [6.45, 7) is 7.44. The van der Waals surface area contributed by atoms with Gasteiger partial charge in [-0.25, -0.2) is 4.98 Å². The van der Waals surface area contributed by atoms with Gasteiger partial charge in [-0.2, -0.15) is 0 Å². The van der Waals surface area contributed by atoms with Crippen LogP contribution in [0.1, 0.15) is 58.0 Å². The first-order chi connectivity index (χ1) is 9.05. The molecular formula is C15H27N3O. The number of aromatic nitrogens is 2. The van der Waals surface area contributed by atoms with Crippen molar-refractivity contribution >= 4 is 0 Å². The van der Waals surface area contributed by atoms with Gasteiger partial charge >= 0.3 is 0 Å². The van der Waals surface area contributed by atoms with E-state index in [-0.39, 0.29) is 5.60 Å². The summed E-state index contributed by atoms with van der Waals surface area (Å²) >= 11 is 0. The van der Waals surface area contributed by atoms with Crippen molar-refractivity contribution in [2.45, 2.75) is 64.6 Å². The minimum atomic E-state index is -0.201. The van der Waals surface area contributed by atoms with Crippen LogP contribution in [-0.4, -0.2) is 23.1 Å². The lowest BCUT2D eigenvalue weighted by molar-refractivity contribution is -0.0641. The van der Waals surface area contributed by atoms with Crippen LogP contribution in [0.2, 0.25) is 0 Å². The summed E-state index contributed by atoms with van der Waals surface area (Å²) in [5.41, 5.74) is 0.937. The van der Waals surface area contributed by atoms with Gasteiger partial charge in [0.05, 0.1) is 0 Å². The zero-order valence-electron chi connectivity index (χ0n) is 12.6. The van der Waals surface area contributed by atoms with Crippen molar-refractivity contribution in [2.24, 2.45) is 5.92 Å². The largest absolute Gasteiger partial charge is 0.370 e. The van der Waals surface area contributed by atoms with Crippen LogP contribution in [0, 0.1) is 5.92 Å². The molecule has 2 rings (SSSR count). The fraction of sp³-hybridized carbons (Fsp3) is 0.800. The minimum Gasteiger partial charge on any atom is -0.370 e. The number of ether oxygens (including phenoxy) is 1. The Labute approximate surface area is 116 Å². The number of aromatic amines is 1. The Balaban J connectivity index is 2.10. The van der Waals surface area contributed by atoms with Gasteiger partial charge in [0.1, 0.15) is 11.4 Å². The number of H-pyrrole nitrogens is 1. The number of nitrogens with one attached hydrogen (secondary N) is 2. The maximum atomic E-state index is 5.86. The highest BCUT2D eigenvalue weighted by Crippen LogP contribution is 2.41. The predicted octanol–water partition coefficient (Wildman–Crippen LogP) is 2.96. The monoisotopic (exact) mass is 265 g/mol. The highest BCUT2D eigenvalue weighted by atomic mass is 16.5. The molecule has 108 valence electrons. The normalized spacial score (nSPS) is 27.9. The summed E-state index contributed by atoms with van der Waals surface area (Å²) in [4.78, 5) is 8.03. The Kier molecular flexibility index (Phi) is 4.63. The molecule has 0 saturated heterocycles. The summed E-state index contributed by atoms with van der Waals surface area (Å²) in [5.74, 6) is 1.71. The molecule has 1 aromatic heterocycles. The highest BCUT2D eigenvalue weighted by Gasteiger charge is 2.39. The Hall–Kier alpha value is -0.870. The summed E-state index contributed by atoms with van der Waals surface area (Å²) in [6, 6.07) is 0.484. The van der Waals surface area contributed by atoms with Crippen molar-refractivity contribution in [2.75, 3.05) is 7.11 Å². The maximum absolute atomic E-state index is 5.86. The lowest BCUT2D eigenvalue weighted by Crippen LogP contribution is -2.35. The lowest BCUT2D eigenvalue weighted by Gasteiger charge is -2.37. The van der Waals surface area contributed by atoms with Gasteiger partial charge in [-0.05, 0) is 25.2 Å². The van der Waals surface area contributed by atoms with Gasteiger partial charge in [0, 0.05) is 31.6 Å². The van der Waals surface area contributed by atoms with Crippen molar-refractivity contribution in [1.82, 2.24) is 15.3 Å². The molecule has 4 nitrogen and oxygen atoms in total. The van der Waals surface area contributed by atoms with Crippen LogP contribution in [-0.2, 0) is 16.9 Å². The zero-order valence-corrected chi connectivity index (χ0v) is 12.6. The standard InChI is InChI=1S/C15H27N3O/c1-11(2)16-9-13-10-17-14(18-13)15(19-4)7-5-6-12(3)8-15/h10-12,16H,5-9H2,1-4H3,(H,17,18). The van der Waals surface area contributed by atoms with Gasteiger partial charge in [0.2, 0.25) is 0 Å². The van der Waals surface area contributed by atoms with Gasteiger partial charge in [0.15, 0.2) is 0 Å². The van der Waals surface area contributed by atoms with Crippen molar-refractivity contribution in [3.05, 3.63) is 17.7 Å². The number of methoxy groups -OCH3 is 1. The fourth-order valence-corrected chi connectivity index (χ4v) is 2.99. The molecule has 0 aromatic carbocycles. The number of nitrogens with zero attached hydrogens (tertiary/aromatic N) is 1. The number of rotatable bonds is 5. The highest BCUT2D eigenvalue weighted by molar-refractivity contribution is 5.10. The van der Waals surface area contributed by atoms with Crippen molar-refractivity contribution in [3.63, 3.8) is 0 Å². The smallest absolute Gasteiger partial charge is 0.138 e. The molecule has 1 aliphatic rings. The molecule has 1 saturated carbocycles. The molecule has 0 radical (unpaired) electrons. The molecule has 2 unspecified atom stereocenters. The summed E-state index contributed by atoms with van der Waals surface area (Å²) in [5, 5.41) is 3.41. The molecular weight excluding hydrogens is 238 g/mol. The number of imidazole rings is 1. The zero-order chi connectivity index (χ0) is 13.9. The maximum Gasteiger partial charge on any atom is 0.138 e. The van der Waals surface area contributed by atoms with Gasteiger partial charge in [-0.15, -0.1) is 0 Å². The van der Waals surface area contributed by atoms with E-state index in [4.69, 9.17) is 4.74 Å². The van der Waals surface area contributed by atoms with Gasteiger partial charge < -0.3 is 15.0 Å². The first-order valence-electron chi connectivity index (χ1n) is 7.38. The van der Waals surface area contributed by atoms with E-state index in [2.05, 4.69) is 36.1 Å². The second-order valence-electron chi connectivity index (χ2n) is 6.19. The minimum absolute atomic E-state index is 0.201. The van der Waals surface area contributed by atoms with E-state index in [9.17, 15) is 0 Å². The number of hydrogen-bond acceptors (Lipinski definition) is 3. The third-order valence-electron chi connectivity index (χ3n) is 4.11. The molecule has 1 fully saturated rings. The Bertz CT molecular complexity index is 402. The van der Waals surface area contributed by atoms with Crippen LogP contribution in [0.3, 0.4) is 0 Å². The second-order valence-corrected chi connectivity index (χ2v) is 6.19. The molecule has 0 bridgehead atoms. The van der Waals surface area contributed by atoms with Crippen molar-refractivity contribution in [1.29, 1.82) is 0 Å². The molecule has 0 spiro atoms. The van der Waals surface area contributed by atoms with Crippen LogP contribution in [0.25, 0.3) is 0 Å². The van der Waals surface area contributed by atoms with Gasteiger partial charge in [0.25, 0.3) is 0 Å². The van der Waals surface area contributed by atoms with Gasteiger partial charge in [-0.3, -0.25) is 0 Å². The van der Waals surface area contributed by atoms with E-state index < -0.39 is 0 Å². The SMILES string of the molecule is COC1(c2ncc(CNC(C)C)[nH]2)CCCC(C)C1. The molecule has 19 heavy (non-hydrogen) atoms. The molecule has 4 heteroatoms. The fourth-order valence-electron chi connectivity index (χ4n) is 2.99. The molecule has 0 aliphatic heterocycles. The third kappa shape index (κ3) is 3.37. The average Bonchev–Trinajstić information content (AvgIpc) is 2.85. The second kappa shape index (κ2) is 6.06. The van der Waals surface area contributed by atoms with E-state index >= 15 is 0 Å². The topological polar surface area (TPSA) is 49.9 Å². The number of hydrogen-bond donors (Lipinski definition) is 2. The molecule has 2 atom stereocenters. The quantitative estimate of drug-likeness (QED) is 0.860. The Morgan fingerprint density at radius 3 is 3.00 bits per heavy atom. The molecule has 1 heterocycles. The van der Waals surface area contributed by atoms with Crippen LogP contribution >= 0.6 is 0 Å². The summed E-state index contributed by atoms with van der Waals surface area (Å²) in [7, 11) is 1.81. The lowest BCUT2D eigenvalue weighted by atomic mass is 9.78. The first kappa shape index (κ1) is 14.5. The molecule has 1 aromatic rings. The van der Waals surface area contributed by atoms with E-state index in [0.717, 1.165) is 30.9 Å². The van der Waals surface area contributed by atoms with Crippen LogP contribution < -0.4 is 5.32 Å². The van der Waals surface area contributed by atoms with Crippen LogP contribution in [0.5, 0.6) is 0 Å². The van der Waals surface area contributed by atoms with Crippen molar-refractivity contribution in [3.8, 4) is 0 Å². The molecule has 2 N–H and O–H groups in total. The summed E-state index contributed by atoms with van der Waals surface area (Å²) < 4.78 is 5.86. The average molecular weight is 265 g/mol. The van der Waals surface area contributed by atoms with Gasteiger partial charge in [-0.1, -0.05) is 27.2 Å². The Morgan fingerprint density at radius 1 is 1.58 bits per heavy atom. The molecule has 0 amide bonds. The predicted molar refractivity (Wildman–Crippen MR) is 76.9 cm³/mol. The van der Waals surface area contributed by atoms with Crippen LogP contribution in [0.4, 0.5) is 0 Å². The van der Waals surface area contributed by atoms with E-state index in [1.165, 1.54) is 12.8 Å². The van der Waals surface area contributed by atoms with Crippen molar-refractivity contribution < 1.29 is 4.74 Å². The first-order valence-corrected chi connectivity index (χ1v) is 7.38. The Morgan fingerprint density at radius 2 is 2.37 bits per heavy atom. The van der Waals surface area contributed by atoms with E-state index in [1.54, 1.807) is 0 Å².